The lowest BCUT2D eigenvalue weighted by Gasteiger charge is -2.18. The minimum atomic E-state index is -4.93. The summed E-state index contributed by atoms with van der Waals surface area (Å²) in [7, 11) is -4.93. The third kappa shape index (κ3) is 8.02. The summed E-state index contributed by atoms with van der Waals surface area (Å²) in [6.45, 7) is 0.595. The van der Waals surface area contributed by atoms with Gasteiger partial charge < -0.3 is 19.1 Å². The molecule has 3 heterocycles. The van der Waals surface area contributed by atoms with E-state index in [1.807, 2.05) is 36.4 Å². The van der Waals surface area contributed by atoms with Crippen LogP contribution in [0, 0.1) is 0 Å². The zero-order chi connectivity index (χ0) is 41.4. The van der Waals surface area contributed by atoms with E-state index in [0.717, 1.165) is 32.5 Å². The molecule has 0 saturated carbocycles. The molecule has 4 amide bonds. The minimum Gasteiger partial charge on any atom is -0.491 e. The number of imide groups is 1. The number of nitrogens with zero attached hydrogens (tertiary/aromatic N) is 3. The summed E-state index contributed by atoms with van der Waals surface area (Å²) in [4.78, 5) is 75.5. The number of phosphoric ester groups is 1. The molecule has 59 heavy (non-hydrogen) atoms. The number of hydrogen-bond donors (Lipinski definition) is 2. The number of hydrogen-bond acceptors (Lipinski definition) is 7. The summed E-state index contributed by atoms with van der Waals surface area (Å²) in [6.07, 6.45) is 8.44. The first-order chi connectivity index (χ1) is 28.4. The molecular formula is C44H36Cl2N3O9P. The van der Waals surface area contributed by atoms with Gasteiger partial charge in [-0.05, 0) is 57.1 Å². The van der Waals surface area contributed by atoms with Crippen molar-refractivity contribution in [2.24, 2.45) is 0 Å². The highest BCUT2D eigenvalue weighted by molar-refractivity contribution is 7.46. The normalized spacial score (nSPS) is 17.6. The Morgan fingerprint density at radius 1 is 0.729 bits per heavy atom. The van der Waals surface area contributed by atoms with Gasteiger partial charge in [0, 0.05) is 83.7 Å². The van der Waals surface area contributed by atoms with Crippen LogP contribution < -0.4 is 19.1 Å². The van der Waals surface area contributed by atoms with E-state index < -0.39 is 25.5 Å². The second kappa shape index (κ2) is 16.5. The second-order valence-corrected chi connectivity index (χ2v) is 16.0. The molecule has 8 rings (SSSR count). The van der Waals surface area contributed by atoms with Crippen LogP contribution in [0.2, 0.25) is 0 Å². The van der Waals surface area contributed by atoms with Crippen molar-refractivity contribution in [1.82, 2.24) is 4.90 Å². The molecule has 2 N–H and O–H groups in total. The standard InChI is InChI=1S/C44H36Cl2N3O9P/c45-23-30-25-48(35-14-12-28-5-1-2-6-32(28)43(30)35)42(53)16-13-29-11-9-27(21-37(29)57-20-19-47-39(50)17-18-40(47)51)10-15-41(52)49-26-31(24-46)44-34-8-4-3-7-33(34)38(22-36(44)49)58-59(54,55)56/h1-18,21-22,30-31H,19-20,23-26H2,(H2,54,55,56)/b15-10-,16-13+/t30-,31-/m1/s1. The Hall–Kier alpha value is -5.75. The monoisotopic (exact) mass is 851 g/mol. The third-order valence-corrected chi connectivity index (χ3v) is 11.8. The number of fused-ring (bicyclic) bond motifs is 6. The van der Waals surface area contributed by atoms with Gasteiger partial charge in [0.1, 0.15) is 18.1 Å². The van der Waals surface area contributed by atoms with Crippen LogP contribution >= 0.6 is 31.0 Å². The van der Waals surface area contributed by atoms with Crippen LogP contribution in [0.25, 0.3) is 33.7 Å². The molecule has 5 aromatic carbocycles. The van der Waals surface area contributed by atoms with Gasteiger partial charge in [0.15, 0.2) is 0 Å². The Labute approximate surface area is 348 Å². The van der Waals surface area contributed by atoms with Gasteiger partial charge >= 0.3 is 7.82 Å². The fraction of sp³-hybridized carbons (Fsp3) is 0.182. The number of ether oxygens (including phenoxy) is 1. The van der Waals surface area contributed by atoms with Gasteiger partial charge in [0.05, 0.1) is 12.2 Å². The maximum atomic E-state index is 13.8. The fourth-order valence-corrected chi connectivity index (χ4v) is 8.88. The predicted octanol–water partition coefficient (Wildman–Crippen LogP) is 7.53. The molecule has 0 unspecified atom stereocenters. The summed E-state index contributed by atoms with van der Waals surface area (Å²) < 4.78 is 23.1. The van der Waals surface area contributed by atoms with E-state index >= 15 is 0 Å². The molecule has 0 bridgehead atoms. The lowest BCUT2D eigenvalue weighted by atomic mass is 9.95. The summed E-state index contributed by atoms with van der Waals surface area (Å²) in [5.74, 6) is -1.04. The molecule has 15 heteroatoms. The predicted molar refractivity (Wildman–Crippen MR) is 228 cm³/mol. The van der Waals surface area contributed by atoms with Crippen LogP contribution in [0.5, 0.6) is 11.5 Å². The Morgan fingerprint density at radius 2 is 1.34 bits per heavy atom. The SMILES string of the molecule is O=C1C=CC(=O)N1CCOc1cc(/C=C\C(=O)N2C[C@@H](CCl)c3c2cc(OP(=O)(O)O)c2ccccc32)ccc1/C=C/C(=O)N1C[C@@H](CCl)c2c1ccc1ccccc21. The lowest BCUT2D eigenvalue weighted by molar-refractivity contribution is -0.137. The molecule has 300 valence electrons. The van der Waals surface area contributed by atoms with Crippen LogP contribution in [0.15, 0.2) is 109 Å². The number of carbonyl (C=O) groups is 4. The van der Waals surface area contributed by atoms with E-state index in [1.54, 1.807) is 59.5 Å². The summed E-state index contributed by atoms with van der Waals surface area (Å²) >= 11 is 12.8. The van der Waals surface area contributed by atoms with Gasteiger partial charge in [0.2, 0.25) is 0 Å². The zero-order valence-corrected chi connectivity index (χ0v) is 33.6. The van der Waals surface area contributed by atoms with E-state index in [1.165, 1.54) is 35.3 Å². The maximum Gasteiger partial charge on any atom is 0.524 e. The van der Waals surface area contributed by atoms with Crippen molar-refractivity contribution >= 4 is 99.7 Å². The first-order valence-electron chi connectivity index (χ1n) is 18.7. The molecule has 0 aliphatic carbocycles. The number of halogens is 2. The topological polar surface area (TPSA) is 154 Å². The maximum absolute atomic E-state index is 13.8. The first-order valence-corrected chi connectivity index (χ1v) is 21.3. The van der Waals surface area contributed by atoms with E-state index in [4.69, 9.17) is 32.5 Å². The molecule has 5 aromatic rings. The van der Waals surface area contributed by atoms with E-state index in [9.17, 15) is 33.5 Å². The highest BCUT2D eigenvalue weighted by Crippen LogP contribution is 2.49. The highest BCUT2D eigenvalue weighted by Gasteiger charge is 2.35. The van der Waals surface area contributed by atoms with Gasteiger partial charge in [-0.15, -0.1) is 23.2 Å². The van der Waals surface area contributed by atoms with Crippen LogP contribution in [0.4, 0.5) is 11.4 Å². The van der Waals surface area contributed by atoms with Gasteiger partial charge in [-0.2, -0.15) is 0 Å². The Balaban J connectivity index is 1.07. The first kappa shape index (κ1) is 40.0. The lowest BCUT2D eigenvalue weighted by Crippen LogP contribution is -2.33. The Morgan fingerprint density at radius 3 is 2.02 bits per heavy atom. The van der Waals surface area contributed by atoms with Crippen molar-refractivity contribution in [1.29, 1.82) is 0 Å². The molecular weight excluding hydrogens is 816 g/mol. The van der Waals surface area contributed by atoms with Gasteiger partial charge in [-0.25, -0.2) is 4.57 Å². The Bertz CT molecular complexity index is 2680. The van der Waals surface area contributed by atoms with Crippen molar-refractivity contribution in [3.8, 4) is 11.5 Å². The molecule has 2 atom stereocenters. The summed E-state index contributed by atoms with van der Waals surface area (Å²) in [5, 5.41) is 3.26. The van der Waals surface area contributed by atoms with Crippen molar-refractivity contribution in [2.75, 3.05) is 47.8 Å². The van der Waals surface area contributed by atoms with Crippen LogP contribution in [-0.2, 0) is 23.7 Å². The number of anilines is 2. The average Bonchev–Trinajstić information content (AvgIpc) is 3.91. The smallest absolute Gasteiger partial charge is 0.491 e. The van der Waals surface area contributed by atoms with Crippen LogP contribution in [0.1, 0.15) is 34.1 Å². The van der Waals surface area contributed by atoms with Gasteiger partial charge in [0.25, 0.3) is 23.6 Å². The Kier molecular flexibility index (Phi) is 11.2. The number of benzene rings is 5. The second-order valence-electron chi connectivity index (χ2n) is 14.2. The molecule has 0 spiro atoms. The van der Waals surface area contributed by atoms with Gasteiger partial charge in [-0.3, -0.25) is 33.9 Å². The van der Waals surface area contributed by atoms with E-state index in [2.05, 4.69) is 0 Å². The van der Waals surface area contributed by atoms with Crippen LogP contribution in [-0.4, -0.2) is 76.3 Å². The molecule has 3 aliphatic rings. The van der Waals surface area contributed by atoms with Crippen molar-refractivity contribution in [3.63, 3.8) is 0 Å². The summed E-state index contributed by atoms with van der Waals surface area (Å²) in [6, 6.07) is 25.5. The quantitative estimate of drug-likeness (QED) is 0.0561. The number of phosphoric acid groups is 1. The molecule has 3 aliphatic heterocycles. The fourth-order valence-electron chi connectivity index (χ4n) is 7.97. The molecule has 0 saturated heterocycles. The third-order valence-electron chi connectivity index (χ3n) is 10.6. The number of carbonyl (C=O) groups excluding carboxylic acids is 4. The summed E-state index contributed by atoms with van der Waals surface area (Å²) in [5.41, 5.74) is 4.13. The van der Waals surface area contributed by atoms with E-state index in [0.29, 0.717) is 45.8 Å². The molecule has 0 fully saturated rings. The largest absolute Gasteiger partial charge is 0.524 e. The minimum absolute atomic E-state index is 0.0118. The number of amides is 4. The average molecular weight is 853 g/mol. The zero-order valence-electron chi connectivity index (χ0n) is 31.2. The van der Waals surface area contributed by atoms with Crippen LogP contribution in [0.3, 0.4) is 0 Å². The molecule has 0 aromatic heterocycles. The molecule has 0 radical (unpaired) electrons. The highest BCUT2D eigenvalue weighted by atomic mass is 35.5. The number of alkyl halides is 2. The van der Waals surface area contributed by atoms with Crippen molar-refractivity contribution in [3.05, 3.63) is 131 Å². The van der Waals surface area contributed by atoms with E-state index in [-0.39, 0.29) is 49.1 Å². The number of rotatable bonds is 12. The van der Waals surface area contributed by atoms with Crippen molar-refractivity contribution in [2.45, 2.75) is 11.8 Å². The van der Waals surface area contributed by atoms with Crippen molar-refractivity contribution < 1.29 is 42.8 Å². The van der Waals surface area contributed by atoms with Gasteiger partial charge in [-0.1, -0.05) is 66.7 Å². The molecule has 12 nitrogen and oxygen atoms in total.